The average Bonchev–Trinajstić information content (AvgIpc) is 2.57. The van der Waals surface area contributed by atoms with E-state index in [4.69, 9.17) is 9.47 Å². The molecule has 1 spiro atoms. The molecule has 1 N–H and O–H groups in total. The molecule has 138 valence electrons. The van der Waals surface area contributed by atoms with E-state index in [1.54, 1.807) is 31.1 Å². The van der Waals surface area contributed by atoms with Crippen LogP contribution in [-0.2, 0) is 9.47 Å². The number of carbonyl (C=O) groups excluding carboxylic acids is 1. The van der Waals surface area contributed by atoms with Crippen LogP contribution in [0.25, 0.3) is 0 Å². The number of hydrogen-bond acceptors (Lipinski definition) is 4. The van der Waals surface area contributed by atoms with Crippen molar-refractivity contribution in [2.75, 3.05) is 33.4 Å². The SMILES string of the molecule is COCC1(O)CCOC2(CCN(C(=O)c3ccc(C)c(F)c3)CC2)C1. The molecule has 1 aromatic rings. The van der Waals surface area contributed by atoms with E-state index in [9.17, 15) is 14.3 Å². The fraction of sp³-hybridized carbons (Fsp3) is 0.632. The van der Waals surface area contributed by atoms with Gasteiger partial charge in [-0.3, -0.25) is 4.79 Å². The topological polar surface area (TPSA) is 59.0 Å². The molecular weight excluding hydrogens is 325 g/mol. The summed E-state index contributed by atoms with van der Waals surface area (Å²) in [6.07, 6.45) is 2.42. The van der Waals surface area contributed by atoms with Gasteiger partial charge in [0.1, 0.15) is 5.82 Å². The molecule has 1 atom stereocenters. The van der Waals surface area contributed by atoms with Crippen LogP contribution in [0.4, 0.5) is 4.39 Å². The maximum atomic E-state index is 13.7. The number of aliphatic hydroxyl groups is 1. The summed E-state index contributed by atoms with van der Waals surface area (Å²) in [5, 5.41) is 10.7. The van der Waals surface area contributed by atoms with Crippen molar-refractivity contribution in [2.24, 2.45) is 0 Å². The first kappa shape index (κ1) is 18.3. The third-order valence-electron chi connectivity index (χ3n) is 5.42. The van der Waals surface area contributed by atoms with Crippen LogP contribution in [0.1, 0.15) is 41.6 Å². The Balaban J connectivity index is 1.65. The molecule has 0 bridgehead atoms. The second-order valence-corrected chi connectivity index (χ2v) is 7.37. The highest BCUT2D eigenvalue weighted by molar-refractivity contribution is 5.94. The Morgan fingerprint density at radius 3 is 2.72 bits per heavy atom. The van der Waals surface area contributed by atoms with Gasteiger partial charge in [0.15, 0.2) is 0 Å². The Kier molecular flexibility index (Phi) is 5.14. The molecule has 1 amide bonds. The number of benzene rings is 1. The minimum atomic E-state index is -0.862. The van der Waals surface area contributed by atoms with E-state index in [2.05, 4.69) is 0 Å². The minimum Gasteiger partial charge on any atom is -0.387 e. The molecule has 2 heterocycles. The first-order chi connectivity index (χ1) is 11.9. The first-order valence-electron chi connectivity index (χ1n) is 8.77. The second kappa shape index (κ2) is 7.02. The highest BCUT2D eigenvalue weighted by atomic mass is 19.1. The van der Waals surface area contributed by atoms with Gasteiger partial charge in [-0.2, -0.15) is 0 Å². The van der Waals surface area contributed by atoms with E-state index in [0.29, 0.717) is 63.1 Å². The number of aryl methyl sites for hydroxylation is 1. The Labute approximate surface area is 147 Å². The fourth-order valence-electron chi connectivity index (χ4n) is 3.94. The largest absolute Gasteiger partial charge is 0.387 e. The van der Waals surface area contributed by atoms with Gasteiger partial charge in [0, 0.05) is 38.6 Å². The molecule has 0 aromatic heterocycles. The van der Waals surface area contributed by atoms with Gasteiger partial charge in [0.25, 0.3) is 5.91 Å². The molecule has 2 aliphatic heterocycles. The monoisotopic (exact) mass is 351 g/mol. The predicted octanol–water partition coefficient (Wildman–Crippen LogP) is 2.30. The maximum absolute atomic E-state index is 13.7. The molecule has 1 aromatic carbocycles. The summed E-state index contributed by atoms with van der Waals surface area (Å²) in [4.78, 5) is 14.4. The molecule has 2 fully saturated rings. The van der Waals surface area contributed by atoms with Gasteiger partial charge in [-0.15, -0.1) is 0 Å². The zero-order valence-electron chi connectivity index (χ0n) is 14.9. The van der Waals surface area contributed by atoms with Crippen molar-refractivity contribution in [3.05, 3.63) is 35.1 Å². The van der Waals surface area contributed by atoms with Gasteiger partial charge in [-0.1, -0.05) is 6.07 Å². The highest BCUT2D eigenvalue weighted by Crippen LogP contribution is 2.40. The number of rotatable bonds is 3. The number of methoxy groups -OCH3 is 1. The van der Waals surface area contributed by atoms with Crippen LogP contribution in [0, 0.1) is 12.7 Å². The van der Waals surface area contributed by atoms with Crippen LogP contribution in [-0.4, -0.2) is 60.5 Å². The number of halogens is 1. The molecule has 1 unspecified atom stereocenters. The van der Waals surface area contributed by atoms with Gasteiger partial charge in [0.2, 0.25) is 0 Å². The number of ether oxygens (including phenoxy) is 2. The summed E-state index contributed by atoms with van der Waals surface area (Å²) >= 11 is 0. The molecule has 0 radical (unpaired) electrons. The van der Waals surface area contributed by atoms with Crippen molar-refractivity contribution >= 4 is 5.91 Å². The summed E-state index contributed by atoms with van der Waals surface area (Å²) in [5.41, 5.74) is -0.359. The van der Waals surface area contributed by atoms with Crippen molar-refractivity contribution in [3.8, 4) is 0 Å². The standard InChI is InChI=1S/C19H26FNO4/c1-14-3-4-15(11-16(14)20)17(22)21-8-5-19(6-9-21)12-18(23,13-24-2)7-10-25-19/h3-4,11,23H,5-10,12-13H2,1-2H3. The lowest BCUT2D eigenvalue weighted by Crippen LogP contribution is -2.56. The normalized spacial score (nSPS) is 26.0. The van der Waals surface area contributed by atoms with Crippen molar-refractivity contribution < 1.29 is 23.8 Å². The molecule has 5 nitrogen and oxygen atoms in total. The van der Waals surface area contributed by atoms with Crippen LogP contribution in [0.3, 0.4) is 0 Å². The molecule has 2 aliphatic rings. The molecule has 2 saturated heterocycles. The number of likely N-dealkylation sites (tertiary alicyclic amines) is 1. The van der Waals surface area contributed by atoms with E-state index < -0.39 is 11.2 Å². The smallest absolute Gasteiger partial charge is 0.253 e. The lowest BCUT2D eigenvalue weighted by Gasteiger charge is -2.49. The number of hydrogen-bond donors (Lipinski definition) is 1. The summed E-state index contributed by atoms with van der Waals surface area (Å²) in [5.74, 6) is -0.517. The van der Waals surface area contributed by atoms with Crippen LogP contribution in [0.2, 0.25) is 0 Å². The van der Waals surface area contributed by atoms with Crippen molar-refractivity contribution in [2.45, 2.75) is 43.8 Å². The van der Waals surface area contributed by atoms with Gasteiger partial charge < -0.3 is 19.5 Å². The number of amides is 1. The Morgan fingerprint density at radius 1 is 1.36 bits per heavy atom. The van der Waals surface area contributed by atoms with Gasteiger partial charge in [0.05, 0.1) is 24.4 Å². The summed E-state index contributed by atoms with van der Waals surface area (Å²) < 4.78 is 24.9. The van der Waals surface area contributed by atoms with Gasteiger partial charge >= 0.3 is 0 Å². The van der Waals surface area contributed by atoms with Crippen molar-refractivity contribution in [1.82, 2.24) is 4.90 Å². The zero-order chi connectivity index (χ0) is 18.1. The average molecular weight is 351 g/mol. The van der Waals surface area contributed by atoms with E-state index in [-0.39, 0.29) is 11.7 Å². The zero-order valence-corrected chi connectivity index (χ0v) is 14.9. The lowest BCUT2D eigenvalue weighted by molar-refractivity contribution is -0.189. The molecule has 3 rings (SSSR count). The number of nitrogens with zero attached hydrogens (tertiary/aromatic N) is 1. The van der Waals surface area contributed by atoms with E-state index in [1.165, 1.54) is 6.07 Å². The van der Waals surface area contributed by atoms with Gasteiger partial charge in [-0.25, -0.2) is 4.39 Å². The summed E-state index contributed by atoms with van der Waals surface area (Å²) in [7, 11) is 1.59. The minimum absolute atomic E-state index is 0.156. The quantitative estimate of drug-likeness (QED) is 0.908. The van der Waals surface area contributed by atoms with Gasteiger partial charge in [-0.05, 0) is 37.5 Å². The van der Waals surface area contributed by atoms with Crippen LogP contribution in [0.15, 0.2) is 18.2 Å². The van der Waals surface area contributed by atoms with Crippen molar-refractivity contribution in [3.63, 3.8) is 0 Å². The molecule has 25 heavy (non-hydrogen) atoms. The first-order valence-corrected chi connectivity index (χ1v) is 8.77. The third-order valence-corrected chi connectivity index (χ3v) is 5.42. The molecule has 0 saturated carbocycles. The molecule has 6 heteroatoms. The van der Waals surface area contributed by atoms with Crippen LogP contribution < -0.4 is 0 Å². The summed E-state index contributed by atoms with van der Waals surface area (Å²) in [6.45, 7) is 3.55. The maximum Gasteiger partial charge on any atom is 0.253 e. The van der Waals surface area contributed by atoms with E-state index in [0.717, 1.165) is 0 Å². The van der Waals surface area contributed by atoms with Crippen molar-refractivity contribution in [1.29, 1.82) is 0 Å². The number of carbonyl (C=O) groups is 1. The second-order valence-electron chi connectivity index (χ2n) is 7.37. The Morgan fingerprint density at radius 2 is 2.08 bits per heavy atom. The lowest BCUT2D eigenvalue weighted by atomic mass is 9.77. The molecule has 0 aliphatic carbocycles. The Hall–Kier alpha value is -1.50. The predicted molar refractivity (Wildman–Crippen MR) is 91.0 cm³/mol. The molecular formula is C19H26FNO4. The van der Waals surface area contributed by atoms with E-state index in [1.807, 2.05) is 0 Å². The number of piperidine rings is 1. The third kappa shape index (κ3) is 3.86. The fourth-order valence-corrected chi connectivity index (χ4v) is 3.94. The van der Waals surface area contributed by atoms with E-state index >= 15 is 0 Å². The van der Waals surface area contributed by atoms with Crippen LogP contribution >= 0.6 is 0 Å². The summed E-state index contributed by atoms with van der Waals surface area (Å²) in [6, 6.07) is 4.60. The highest BCUT2D eigenvalue weighted by Gasteiger charge is 2.47. The Bertz CT molecular complexity index is 638. The van der Waals surface area contributed by atoms with Crippen LogP contribution in [0.5, 0.6) is 0 Å².